The molecule has 22 heteroatoms. The van der Waals surface area contributed by atoms with Crippen LogP contribution in [0.4, 0.5) is 10.5 Å². The van der Waals surface area contributed by atoms with Crippen LogP contribution < -0.4 is 31.7 Å². The van der Waals surface area contributed by atoms with E-state index in [0.717, 1.165) is 18.2 Å². The number of ether oxygens (including phenoxy) is 4. The van der Waals surface area contributed by atoms with Gasteiger partial charge < -0.3 is 66.4 Å². The zero-order valence-electron chi connectivity index (χ0n) is 34.4. The molecular weight excluding hydrogens is 808 g/mol. The highest BCUT2D eigenvalue weighted by atomic mass is 16.7. The standard InChI is InChI=1S/C39H54N6O16/c1-38(2,3)59-20-39(4,5)36(55)42-14-7-6-8-22(44-33(52)24(18-40)45-29(48)11-12-30(45)49)32(51)41-15-13-28(47)43-23-16-21(19-58-37(56)57)9-10-26(23)60-35-31(50)25(46)17-27(61-35)34(53)54/h9-12,16-17,22,24-25,31,35,46,50H,6-8,13-15,18-20,40H2,1-5H3,(H,41,51)(H,42,55)(H,43,47)(H,44,52)(H,53,54)(H,56,57)/t22-,24?,25?,31+,35?/m0/s1. The third-order valence-corrected chi connectivity index (χ3v) is 8.98. The lowest BCUT2D eigenvalue weighted by atomic mass is 9.93. The van der Waals surface area contributed by atoms with Crippen LogP contribution >= 0.6 is 0 Å². The van der Waals surface area contributed by atoms with E-state index in [1.807, 2.05) is 20.8 Å². The largest absolute Gasteiger partial charge is 0.506 e. The number of imide groups is 1. The summed E-state index contributed by atoms with van der Waals surface area (Å²) in [4.78, 5) is 101. The molecule has 0 fully saturated rings. The SMILES string of the molecule is CC(C)(C)OCC(C)(C)C(=O)NCCCC[C@H](NC(=O)C(CN)N1C(=O)C=CC1=O)C(=O)NCCC(=O)Nc1cc(COC(=O)O)ccc1OC1OC(C(=O)O)=CC(O)[C@H]1O. The molecule has 3 rings (SSSR count). The molecule has 336 valence electrons. The number of carboxylic acid groups (broad SMARTS) is 2. The smallest absolute Gasteiger partial charge is 0.475 e. The van der Waals surface area contributed by atoms with Crippen molar-refractivity contribution < 1.29 is 77.7 Å². The second-order valence-corrected chi connectivity index (χ2v) is 15.6. The molecule has 61 heavy (non-hydrogen) atoms. The average molecular weight is 863 g/mol. The number of unbranched alkanes of at least 4 members (excludes halogenated alkanes) is 1. The van der Waals surface area contributed by atoms with Crippen LogP contribution in [0, 0.1) is 5.41 Å². The zero-order chi connectivity index (χ0) is 45.7. The summed E-state index contributed by atoms with van der Waals surface area (Å²) in [6, 6.07) is 1.18. The van der Waals surface area contributed by atoms with Crippen LogP contribution in [0.25, 0.3) is 0 Å². The van der Waals surface area contributed by atoms with E-state index in [1.165, 1.54) is 18.2 Å². The Morgan fingerprint density at radius 1 is 0.934 bits per heavy atom. The first-order valence-electron chi connectivity index (χ1n) is 19.2. The summed E-state index contributed by atoms with van der Waals surface area (Å²) in [6.45, 7) is 8.31. The number of aliphatic carboxylic acids is 1. The minimum atomic E-state index is -1.76. The molecule has 6 amide bonds. The summed E-state index contributed by atoms with van der Waals surface area (Å²) in [5.74, 6) is -6.59. The van der Waals surface area contributed by atoms with Crippen LogP contribution in [0.2, 0.25) is 0 Å². The summed E-state index contributed by atoms with van der Waals surface area (Å²) < 4.78 is 21.1. The Hall–Kier alpha value is -6.10. The number of carboxylic acids is 1. The number of carbonyl (C=O) groups is 8. The molecule has 0 spiro atoms. The zero-order valence-corrected chi connectivity index (χ0v) is 34.4. The van der Waals surface area contributed by atoms with Crippen molar-refractivity contribution in [2.75, 3.05) is 31.6 Å². The normalized spacial score (nSPS) is 18.6. The summed E-state index contributed by atoms with van der Waals surface area (Å²) in [5, 5.41) is 49.2. The second kappa shape index (κ2) is 21.9. The van der Waals surface area contributed by atoms with E-state index in [-0.39, 0.29) is 55.4 Å². The molecule has 5 atom stereocenters. The number of benzene rings is 1. The molecule has 0 bridgehead atoms. The molecule has 0 saturated heterocycles. The van der Waals surface area contributed by atoms with Crippen molar-refractivity contribution in [1.29, 1.82) is 0 Å². The molecule has 0 aliphatic carbocycles. The lowest BCUT2D eigenvalue weighted by molar-refractivity contribution is -0.172. The maximum absolute atomic E-state index is 13.5. The Morgan fingerprint density at radius 3 is 2.21 bits per heavy atom. The highest BCUT2D eigenvalue weighted by Gasteiger charge is 2.38. The number of rotatable bonds is 22. The van der Waals surface area contributed by atoms with Crippen LogP contribution in [0.5, 0.6) is 5.75 Å². The average Bonchev–Trinajstić information content (AvgIpc) is 3.51. The number of nitrogens with zero attached hydrogens (tertiary/aromatic N) is 1. The van der Waals surface area contributed by atoms with Crippen LogP contribution in [0.3, 0.4) is 0 Å². The van der Waals surface area contributed by atoms with E-state index < -0.39 is 102 Å². The Bertz CT molecular complexity index is 1860. The van der Waals surface area contributed by atoms with E-state index >= 15 is 0 Å². The van der Waals surface area contributed by atoms with E-state index in [4.69, 9.17) is 25.1 Å². The number of anilines is 1. The fourth-order valence-corrected chi connectivity index (χ4v) is 5.60. The quantitative estimate of drug-likeness (QED) is 0.0407. The maximum Gasteiger partial charge on any atom is 0.506 e. The van der Waals surface area contributed by atoms with Gasteiger partial charge in [-0.1, -0.05) is 6.07 Å². The van der Waals surface area contributed by atoms with Crippen molar-refractivity contribution in [3.8, 4) is 5.75 Å². The predicted octanol–water partition coefficient (Wildman–Crippen LogP) is -0.384. The molecule has 0 aromatic heterocycles. The van der Waals surface area contributed by atoms with Gasteiger partial charge in [-0.2, -0.15) is 0 Å². The Morgan fingerprint density at radius 2 is 1.61 bits per heavy atom. The molecular formula is C39H54N6O16. The predicted molar refractivity (Wildman–Crippen MR) is 211 cm³/mol. The van der Waals surface area contributed by atoms with Crippen LogP contribution in [0.15, 0.2) is 42.2 Å². The van der Waals surface area contributed by atoms with Gasteiger partial charge in [0, 0.05) is 38.2 Å². The van der Waals surface area contributed by atoms with Gasteiger partial charge in [-0.05, 0) is 77.7 Å². The third-order valence-electron chi connectivity index (χ3n) is 8.98. The number of carbonyl (C=O) groups excluding carboxylic acids is 6. The highest BCUT2D eigenvalue weighted by Crippen LogP contribution is 2.31. The number of hydrogen-bond acceptors (Lipinski definition) is 15. The molecule has 22 nitrogen and oxygen atoms in total. The van der Waals surface area contributed by atoms with Crippen molar-refractivity contribution in [3.63, 3.8) is 0 Å². The van der Waals surface area contributed by atoms with Crippen LogP contribution in [0.1, 0.15) is 65.9 Å². The van der Waals surface area contributed by atoms with Gasteiger partial charge >= 0.3 is 12.1 Å². The van der Waals surface area contributed by atoms with Gasteiger partial charge in [0.05, 0.1) is 23.3 Å². The molecule has 2 heterocycles. The summed E-state index contributed by atoms with van der Waals surface area (Å²) in [6.07, 6.45) is -3.73. The fourth-order valence-electron chi connectivity index (χ4n) is 5.60. The summed E-state index contributed by atoms with van der Waals surface area (Å²) in [7, 11) is 0. The number of aliphatic hydroxyl groups is 2. The summed E-state index contributed by atoms with van der Waals surface area (Å²) in [5.41, 5.74) is 4.59. The van der Waals surface area contributed by atoms with Gasteiger partial charge in [0.2, 0.25) is 29.4 Å². The van der Waals surface area contributed by atoms with Gasteiger partial charge in [-0.15, -0.1) is 0 Å². The monoisotopic (exact) mass is 862 g/mol. The Kier molecular flexibility index (Phi) is 17.7. The van der Waals surface area contributed by atoms with Crippen molar-refractivity contribution in [2.24, 2.45) is 11.1 Å². The molecule has 2 aliphatic heterocycles. The Labute approximate surface area is 350 Å². The number of nitrogens with two attached hydrogens (primary N) is 1. The van der Waals surface area contributed by atoms with E-state index in [2.05, 4.69) is 26.0 Å². The molecule has 1 aromatic carbocycles. The third kappa shape index (κ3) is 15.1. The van der Waals surface area contributed by atoms with E-state index in [1.54, 1.807) is 13.8 Å². The first-order valence-corrected chi connectivity index (χ1v) is 19.2. The maximum atomic E-state index is 13.5. The number of amides is 6. The van der Waals surface area contributed by atoms with Gasteiger partial charge in [-0.3, -0.25) is 33.7 Å². The van der Waals surface area contributed by atoms with E-state index in [9.17, 15) is 53.7 Å². The second-order valence-electron chi connectivity index (χ2n) is 15.6. The van der Waals surface area contributed by atoms with Gasteiger partial charge in [0.15, 0.2) is 6.10 Å². The van der Waals surface area contributed by atoms with Crippen molar-refractivity contribution >= 4 is 53.3 Å². The molecule has 0 saturated carbocycles. The molecule has 1 aromatic rings. The molecule has 0 radical (unpaired) electrons. The van der Waals surface area contributed by atoms with Crippen molar-refractivity contribution in [2.45, 2.75) is 103 Å². The minimum absolute atomic E-state index is 0.0298. The van der Waals surface area contributed by atoms with Crippen molar-refractivity contribution in [1.82, 2.24) is 20.9 Å². The van der Waals surface area contributed by atoms with Gasteiger partial charge in [0.1, 0.15) is 30.5 Å². The lowest BCUT2D eigenvalue weighted by Crippen LogP contribution is -2.57. The molecule has 3 unspecified atom stereocenters. The topological polar surface area (TPSA) is 332 Å². The van der Waals surface area contributed by atoms with Gasteiger partial charge in [-0.25, -0.2) is 9.59 Å². The highest BCUT2D eigenvalue weighted by molar-refractivity contribution is 6.15. The van der Waals surface area contributed by atoms with Gasteiger partial charge in [0.25, 0.3) is 18.1 Å². The lowest BCUT2D eigenvalue weighted by Gasteiger charge is -2.31. The fraction of sp³-hybridized carbons (Fsp3) is 0.538. The number of hydrogen-bond donors (Lipinski definition) is 9. The Balaban J connectivity index is 1.69. The molecule has 2 aliphatic rings. The van der Waals surface area contributed by atoms with Crippen LogP contribution in [-0.4, -0.2) is 135 Å². The minimum Gasteiger partial charge on any atom is -0.475 e. The van der Waals surface area contributed by atoms with E-state index in [0.29, 0.717) is 17.7 Å². The number of nitrogens with one attached hydrogen (secondary N) is 4. The molecule has 10 N–H and O–H groups in total. The first-order chi connectivity index (χ1) is 28.5. The first kappa shape index (κ1) is 49.3. The van der Waals surface area contributed by atoms with Crippen LogP contribution in [-0.2, 0) is 54.4 Å². The number of aliphatic hydroxyl groups excluding tert-OH is 2. The van der Waals surface area contributed by atoms with Crippen molar-refractivity contribution in [3.05, 3.63) is 47.7 Å². The summed E-state index contributed by atoms with van der Waals surface area (Å²) >= 11 is 0.